The first-order valence-corrected chi connectivity index (χ1v) is 12.7. The molecule has 0 aliphatic rings. The predicted molar refractivity (Wildman–Crippen MR) is 135 cm³/mol. The molecule has 2 unspecified atom stereocenters. The first kappa shape index (κ1) is 22.5. The van der Waals surface area contributed by atoms with Crippen molar-refractivity contribution in [1.82, 2.24) is 9.97 Å². The fourth-order valence-electron chi connectivity index (χ4n) is 4.21. The average Bonchev–Trinajstić information content (AvgIpc) is 2.83. The maximum absolute atomic E-state index is 11.4. The van der Waals surface area contributed by atoms with Gasteiger partial charge in [-0.3, -0.25) is 9.97 Å². The summed E-state index contributed by atoms with van der Waals surface area (Å²) >= 11 is -4.05. The highest BCUT2D eigenvalue weighted by atomic mass is 32.2. The Kier molecular flexibility index (Phi) is 5.83. The Morgan fingerprint density at radius 1 is 0.588 bits per heavy atom. The zero-order valence-corrected chi connectivity index (χ0v) is 20.0. The second-order valence-corrected chi connectivity index (χ2v) is 9.97. The molecule has 0 amide bonds. The summed E-state index contributed by atoms with van der Waals surface area (Å²) in [5, 5.41) is 1.87. The molecule has 6 nitrogen and oxygen atoms in total. The lowest BCUT2D eigenvalue weighted by atomic mass is 9.95. The van der Waals surface area contributed by atoms with Crippen molar-refractivity contribution in [1.29, 1.82) is 0 Å². The third-order valence-electron chi connectivity index (χ3n) is 5.75. The van der Waals surface area contributed by atoms with Gasteiger partial charge in [-0.15, -0.1) is 0 Å². The molecule has 3 aromatic carbocycles. The van der Waals surface area contributed by atoms with Gasteiger partial charge in [-0.1, -0.05) is 36.4 Å². The number of hydrogen-bond donors (Lipinski definition) is 2. The highest BCUT2D eigenvalue weighted by Crippen LogP contribution is 2.36. The molecule has 0 spiro atoms. The number of aromatic nitrogens is 2. The Morgan fingerprint density at radius 3 is 1.26 bits per heavy atom. The Hall–Kier alpha value is -3.30. The van der Waals surface area contributed by atoms with Crippen molar-refractivity contribution in [2.75, 3.05) is 0 Å². The molecule has 0 aliphatic carbocycles. The highest BCUT2D eigenvalue weighted by Gasteiger charge is 2.15. The molecule has 0 radical (unpaired) electrons. The Balaban J connectivity index is 1.75. The van der Waals surface area contributed by atoms with Crippen LogP contribution in [0.25, 0.3) is 44.1 Å². The zero-order chi connectivity index (χ0) is 24.0. The van der Waals surface area contributed by atoms with Gasteiger partial charge in [0.2, 0.25) is 0 Å². The largest absolute Gasteiger partial charge is 0.302 e. The molecule has 2 atom stereocenters. The molecular weight excluding hydrogens is 468 g/mol. The lowest BCUT2D eigenvalue weighted by molar-refractivity contribution is 0.563. The van der Waals surface area contributed by atoms with Gasteiger partial charge < -0.3 is 9.11 Å². The van der Waals surface area contributed by atoms with E-state index in [0.29, 0.717) is 9.79 Å². The second kappa shape index (κ2) is 8.81. The normalized spacial score (nSPS) is 13.3. The molecule has 0 bridgehead atoms. The first-order chi connectivity index (χ1) is 16.3. The number of hydrogen-bond acceptors (Lipinski definition) is 4. The minimum absolute atomic E-state index is 0.349. The van der Waals surface area contributed by atoms with Gasteiger partial charge in [-0.05, 0) is 72.5 Å². The summed E-state index contributed by atoms with van der Waals surface area (Å²) in [6.07, 6.45) is 0. The molecule has 0 saturated carbocycles. The number of benzene rings is 3. The van der Waals surface area contributed by atoms with Crippen molar-refractivity contribution >= 4 is 44.0 Å². The van der Waals surface area contributed by atoms with Gasteiger partial charge >= 0.3 is 0 Å². The van der Waals surface area contributed by atoms with E-state index < -0.39 is 22.2 Å². The van der Waals surface area contributed by atoms with Gasteiger partial charge in [0.25, 0.3) is 0 Å². The minimum Gasteiger partial charge on any atom is -0.302 e. The number of fused-ring (bicyclic) bond motifs is 3. The summed E-state index contributed by atoms with van der Waals surface area (Å²) in [7, 11) is 0. The van der Waals surface area contributed by atoms with E-state index in [2.05, 4.69) is 0 Å². The number of rotatable bonds is 4. The smallest absolute Gasteiger partial charge is 0.186 e. The van der Waals surface area contributed by atoms with Gasteiger partial charge in [0.1, 0.15) is 0 Å². The summed E-state index contributed by atoms with van der Waals surface area (Å²) in [6, 6.07) is 22.0. The fourth-order valence-corrected chi connectivity index (χ4v) is 4.95. The number of aryl methyl sites for hydroxylation is 2. The molecular formula is C26H20N2O4S2. The highest BCUT2D eigenvalue weighted by molar-refractivity contribution is 7.79. The van der Waals surface area contributed by atoms with Crippen LogP contribution in [0, 0.1) is 13.8 Å². The predicted octanol–water partition coefficient (Wildman–Crippen LogP) is 5.90. The minimum atomic E-state index is -2.02. The summed E-state index contributed by atoms with van der Waals surface area (Å²) < 4.78 is 41.4. The lowest BCUT2D eigenvalue weighted by Crippen LogP contribution is -1.95. The molecule has 5 rings (SSSR count). The molecule has 0 fully saturated rings. The first-order valence-electron chi connectivity index (χ1n) is 10.5. The van der Waals surface area contributed by atoms with Crippen molar-refractivity contribution in [3.05, 3.63) is 84.2 Å². The third kappa shape index (κ3) is 4.05. The monoisotopic (exact) mass is 488 g/mol. The molecule has 5 aromatic rings. The van der Waals surface area contributed by atoms with Crippen LogP contribution in [-0.4, -0.2) is 27.5 Å². The van der Waals surface area contributed by atoms with E-state index in [1.165, 1.54) is 0 Å². The van der Waals surface area contributed by atoms with E-state index in [4.69, 9.17) is 9.97 Å². The van der Waals surface area contributed by atoms with Crippen LogP contribution in [-0.2, 0) is 22.2 Å². The van der Waals surface area contributed by atoms with Crippen molar-refractivity contribution in [2.45, 2.75) is 23.6 Å². The van der Waals surface area contributed by atoms with Crippen LogP contribution in [0.2, 0.25) is 0 Å². The average molecular weight is 489 g/mol. The van der Waals surface area contributed by atoms with E-state index in [0.717, 1.165) is 55.4 Å². The van der Waals surface area contributed by atoms with Crippen molar-refractivity contribution in [3.63, 3.8) is 0 Å². The van der Waals surface area contributed by atoms with Gasteiger partial charge in [-0.2, -0.15) is 0 Å². The SMILES string of the molecule is Cc1cc(-c2ccc(S(=O)O)cc2)c2ccc3c(-c4ccc(S(=O)O)cc4)cc(C)nc3c2n1. The summed E-state index contributed by atoms with van der Waals surface area (Å²) in [5.74, 6) is 0. The maximum Gasteiger partial charge on any atom is 0.186 e. The summed E-state index contributed by atoms with van der Waals surface area (Å²) in [5.41, 5.74) is 7.02. The molecule has 2 aromatic heterocycles. The van der Waals surface area contributed by atoms with Crippen LogP contribution in [0.5, 0.6) is 0 Å². The Labute approximate surface area is 201 Å². The maximum atomic E-state index is 11.4. The molecule has 2 heterocycles. The standard InChI is InChI=1S/C26H20N2O4S2/c1-15-13-23(17-3-7-19(8-4-17)33(29)30)21-11-12-22-24(14-16(2)28-26(22)25(21)27-15)18-5-9-20(10-6-18)34(31)32/h3-14H,1-2H3,(H,29,30)(H,31,32). The van der Waals surface area contributed by atoms with Crippen molar-refractivity contribution in [2.24, 2.45) is 0 Å². The molecule has 8 heteroatoms. The fraction of sp³-hybridized carbons (Fsp3) is 0.0769. The van der Waals surface area contributed by atoms with E-state index in [-0.39, 0.29) is 0 Å². The van der Waals surface area contributed by atoms with Gasteiger partial charge in [0, 0.05) is 22.2 Å². The van der Waals surface area contributed by atoms with Crippen LogP contribution in [0.1, 0.15) is 11.4 Å². The van der Waals surface area contributed by atoms with Crippen LogP contribution in [0.4, 0.5) is 0 Å². The molecule has 0 aliphatic heterocycles. The summed E-state index contributed by atoms with van der Waals surface area (Å²) in [4.78, 5) is 10.3. The quantitative estimate of drug-likeness (QED) is 0.241. The van der Waals surface area contributed by atoms with Crippen LogP contribution in [0.15, 0.2) is 82.6 Å². The van der Waals surface area contributed by atoms with E-state index >= 15 is 0 Å². The summed E-state index contributed by atoms with van der Waals surface area (Å²) in [6.45, 7) is 3.87. The van der Waals surface area contributed by atoms with Crippen LogP contribution >= 0.6 is 0 Å². The number of pyridine rings is 2. The number of nitrogens with zero attached hydrogens (tertiary/aromatic N) is 2. The molecule has 34 heavy (non-hydrogen) atoms. The second-order valence-electron chi connectivity index (χ2n) is 8.03. The van der Waals surface area contributed by atoms with Crippen molar-refractivity contribution < 1.29 is 17.5 Å². The van der Waals surface area contributed by atoms with Crippen LogP contribution in [0.3, 0.4) is 0 Å². The topological polar surface area (TPSA) is 100 Å². The van der Waals surface area contributed by atoms with Crippen LogP contribution < -0.4 is 0 Å². The van der Waals surface area contributed by atoms with E-state index in [9.17, 15) is 17.5 Å². The van der Waals surface area contributed by atoms with E-state index in [1.807, 2.05) is 62.4 Å². The molecule has 0 saturated heterocycles. The van der Waals surface area contributed by atoms with Gasteiger partial charge in [0.15, 0.2) is 22.2 Å². The third-order valence-corrected chi connectivity index (χ3v) is 7.10. The Bertz CT molecular complexity index is 1490. The van der Waals surface area contributed by atoms with E-state index in [1.54, 1.807) is 24.3 Å². The lowest BCUT2D eigenvalue weighted by Gasteiger charge is -2.14. The van der Waals surface area contributed by atoms with Gasteiger partial charge in [-0.25, -0.2) is 8.42 Å². The zero-order valence-electron chi connectivity index (χ0n) is 18.4. The van der Waals surface area contributed by atoms with Gasteiger partial charge in [0.05, 0.1) is 20.8 Å². The van der Waals surface area contributed by atoms with Crippen molar-refractivity contribution in [3.8, 4) is 22.3 Å². The molecule has 170 valence electrons. The molecule has 2 N–H and O–H groups in total. The Morgan fingerprint density at radius 2 is 0.941 bits per heavy atom.